The Kier molecular flexibility index (Phi) is 5.80. The highest BCUT2D eigenvalue weighted by atomic mass is 32.2. The van der Waals surface area contributed by atoms with Gasteiger partial charge in [0.2, 0.25) is 15.9 Å². The van der Waals surface area contributed by atoms with Crippen LogP contribution in [0.2, 0.25) is 0 Å². The first-order chi connectivity index (χ1) is 14.9. The molecule has 0 bridgehead atoms. The summed E-state index contributed by atoms with van der Waals surface area (Å²) in [7, 11) is -3.77. The van der Waals surface area contributed by atoms with Crippen LogP contribution >= 0.6 is 11.7 Å². The van der Waals surface area contributed by atoms with E-state index in [2.05, 4.69) is 14.1 Å². The van der Waals surface area contributed by atoms with Gasteiger partial charge in [-0.2, -0.15) is 13.1 Å². The summed E-state index contributed by atoms with van der Waals surface area (Å²) in [5.41, 5.74) is 1.02. The van der Waals surface area contributed by atoms with E-state index in [1.807, 2.05) is 0 Å². The molecule has 162 valence electrons. The van der Waals surface area contributed by atoms with E-state index in [0.29, 0.717) is 11.0 Å². The minimum absolute atomic E-state index is 0.108. The van der Waals surface area contributed by atoms with Crippen molar-refractivity contribution in [1.82, 2.24) is 18.0 Å². The smallest absolute Gasteiger partial charge is 0.292 e. The van der Waals surface area contributed by atoms with Crippen molar-refractivity contribution >= 4 is 50.1 Å². The van der Waals surface area contributed by atoms with Crippen LogP contribution in [0.5, 0.6) is 0 Å². The van der Waals surface area contributed by atoms with E-state index in [0.717, 1.165) is 11.7 Å². The number of nitro groups is 1. The molecule has 0 unspecified atom stereocenters. The zero-order valence-electron chi connectivity index (χ0n) is 16.2. The molecule has 0 spiro atoms. The van der Waals surface area contributed by atoms with Crippen LogP contribution in [0.1, 0.15) is 0 Å². The number of carbonyl (C=O) groups excluding carboxylic acids is 1. The number of sulfonamides is 1. The average Bonchev–Trinajstić information content (AvgIpc) is 3.26. The lowest BCUT2D eigenvalue weighted by Gasteiger charge is -2.34. The molecular formula is C18H18N6O5S2. The number of fused-ring (bicyclic) bond motifs is 1. The predicted octanol–water partition coefficient (Wildman–Crippen LogP) is 1.54. The minimum atomic E-state index is -3.77. The molecule has 1 aliphatic rings. The Morgan fingerprint density at radius 1 is 1.10 bits per heavy atom. The number of piperazine rings is 1. The first-order valence-electron chi connectivity index (χ1n) is 9.34. The molecule has 11 nitrogen and oxygen atoms in total. The summed E-state index contributed by atoms with van der Waals surface area (Å²) in [5, 5.41) is 13.9. The molecule has 31 heavy (non-hydrogen) atoms. The third kappa shape index (κ3) is 4.19. The van der Waals surface area contributed by atoms with Gasteiger partial charge < -0.3 is 10.2 Å². The van der Waals surface area contributed by atoms with Gasteiger partial charge in [0.05, 0.1) is 23.2 Å². The van der Waals surface area contributed by atoms with E-state index in [4.69, 9.17) is 0 Å². The third-order valence-corrected chi connectivity index (χ3v) is 7.46. The van der Waals surface area contributed by atoms with Gasteiger partial charge in [0.1, 0.15) is 21.6 Å². The summed E-state index contributed by atoms with van der Waals surface area (Å²) >= 11 is 0.956. The Balaban J connectivity index is 1.39. The van der Waals surface area contributed by atoms with Gasteiger partial charge in [-0.05, 0) is 18.2 Å². The number of benzene rings is 2. The monoisotopic (exact) mass is 462 g/mol. The van der Waals surface area contributed by atoms with Crippen molar-refractivity contribution in [2.24, 2.45) is 0 Å². The second-order valence-electron chi connectivity index (χ2n) is 6.80. The number of para-hydroxylation sites is 2. The molecule has 0 atom stereocenters. The molecule has 2 aromatic carbocycles. The van der Waals surface area contributed by atoms with E-state index < -0.39 is 14.9 Å². The Bertz CT molecular complexity index is 1240. The fourth-order valence-electron chi connectivity index (χ4n) is 3.37. The van der Waals surface area contributed by atoms with Crippen molar-refractivity contribution in [2.75, 3.05) is 38.0 Å². The van der Waals surface area contributed by atoms with Crippen molar-refractivity contribution in [3.63, 3.8) is 0 Å². The van der Waals surface area contributed by atoms with Gasteiger partial charge in [0, 0.05) is 32.2 Å². The second kappa shape index (κ2) is 8.53. The summed E-state index contributed by atoms with van der Waals surface area (Å²) in [6, 6.07) is 10.9. The highest BCUT2D eigenvalue weighted by Gasteiger charge is 2.32. The van der Waals surface area contributed by atoms with E-state index in [9.17, 15) is 23.3 Å². The largest absolute Gasteiger partial charge is 0.371 e. The van der Waals surface area contributed by atoms with Gasteiger partial charge >= 0.3 is 0 Å². The summed E-state index contributed by atoms with van der Waals surface area (Å²) < 4.78 is 35.7. The van der Waals surface area contributed by atoms with Gasteiger partial charge in [-0.1, -0.05) is 18.2 Å². The van der Waals surface area contributed by atoms with Gasteiger partial charge in [-0.15, -0.1) is 0 Å². The summed E-state index contributed by atoms with van der Waals surface area (Å²) in [5.74, 6) is -0.263. The Hall–Kier alpha value is -3.16. The topological polar surface area (TPSA) is 139 Å². The number of nitrogens with zero attached hydrogens (tertiary/aromatic N) is 5. The van der Waals surface area contributed by atoms with Crippen molar-refractivity contribution < 1.29 is 18.1 Å². The van der Waals surface area contributed by atoms with Crippen molar-refractivity contribution in [3.8, 4) is 0 Å². The number of hydrogen-bond donors (Lipinski definition) is 1. The molecule has 1 aliphatic heterocycles. The summed E-state index contributed by atoms with van der Waals surface area (Å²) in [4.78, 5) is 24.7. The van der Waals surface area contributed by atoms with Crippen molar-refractivity contribution in [1.29, 1.82) is 0 Å². The number of aromatic nitrogens is 2. The zero-order valence-corrected chi connectivity index (χ0v) is 17.8. The van der Waals surface area contributed by atoms with Crippen LogP contribution < -0.4 is 5.32 Å². The lowest BCUT2D eigenvalue weighted by molar-refractivity contribution is -0.383. The quantitative estimate of drug-likeness (QED) is 0.430. The normalized spacial score (nSPS) is 15.2. The maximum Gasteiger partial charge on any atom is 0.292 e. The highest BCUT2D eigenvalue weighted by Crippen LogP contribution is 2.25. The lowest BCUT2D eigenvalue weighted by atomic mass is 10.2. The van der Waals surface area contributed by atoms with Gasteiger partial charge in [0.15, 0.2) is 0 Å². The molecule has 13 heteroatoms. The SMILES string of the molecule is O=C(CNc1ccccc1[N+](=O)[O-])N1CCN(S(=O)(=O)c2cccc3nsnc23)CC1. The standard InChI is InChI=1S/C18H18N6O5S2/c25-17(12-19-13-4-1-2-6-15(13)24(26)27)22-8-10-23(11-9-22)31(28,29)16-7-3-5-14-18(16)21-30-20-14/h1-7,19H,8-12H2. The van der Waals surface area contributed by atoms with E-state index in [1.54, 1.807) is 29.2 Å². The second-order valence-corrected chi connectivity index (χ2v) is 9.24. The minimum Gasteiger partial charge on any atom is -0.371 e. The molecule has 1 amide bonds. The number of anilines is 1. The Morgan fingerprint density at radius 2 is 1.84 bits per heavy atom. The van der Waals surface area contributed by atoms with Crippen LogP contribution in [0.15, 0.2) is 47.4 Å². The van der Waals surface area contributed by atoms with Crippen LogP contribution in [0.25, 0.3) is 11.0 Å². The fourth-order valence-corrected chi connectivity index (χ4v) is 5.55. The lowest BCUT2D eigenvalue weighted by Crippen LogP contribution is -2.51. The van der Waals surface area contributed by atoms with E-state index >= 15 is 0 Å². The van der Waals surface area contributed by atoms with Crippen LogP contribution in [0.3, 0.4) is 0 Å². The number of carbonyl (C=O) groups is 1. The molecule has 0 saturated carbocycles. The van der Waals surface area contributed by atoms with Gasteiger partial charge in [-0.3, -0.25) is 14.9 Å². The highest BCUT2D eigenvalue weighted by molar-refractivity contribution is 7.89. The number of amides is 1. The van der Waals surface area contributed by atoms with Crippen molar-refractivity contribution in [2.45, 2.75) is 4.90 Å². The summed E-state index contributed by atoms with van der Waals surface area (Å²) in [6.07, 6.45) is 0. The molecule has 2 heterocycles. The predicted molar refractivity (Wildman–Crippen MR) is 114 cm³/mol. The molecule has 1 aromatic heterocycles. The Labute approximate surface area is 181 Å². The van der Waals surface area contributed by atoms with E-state index in [1.165, 1.54) is 22.5 Å². The average molecular weight is 463 g/mol. The zero-order chi connectivity index (χ0) is 22.0. The van der Waals surface area contributed by atoms with E-state index in [-0.39, 0.29) is 54.9 Å². The molecular weight excluding hydrogens is 444 g/mol. The fraction of sp³-hybridized carbons (Fsp3) is 0.278. The van der Waals surface area contributed by atoms with Crippen molar-refractivity contribution in [3.05, 3.63) is 52.6 Å². The van der Waals surface area contributed by atoms with Crippen LogP contribution in [-0.2, 0) is 14.8 Å². The Morgan fingerprint density at radius 3 is 2.58 bits per heavy atom. The van der Waals surface area contributed by atoms with Gasteiger partial charge in [0.25, 0.3) is 5.69 Å². The number of rotatable bonds is 6. The first kappa shape index (κ1) is 21.1. The van der Waals surface area contributed by atoms with Crippen LogP contribution in [0, 0.1) is 10.1 Å². The van der Waals surface area contributed by atoms with Crippen LogP contribution in [0.4, 0.5) is 11.4 Å². The number of nitro benzene ring substituents is 1. The molecule has 1 saturated heterocycles. The number of nitrogens with one attached hydrogen (secondary N) is 1. The molecule has 4 rings (SSSR count). The first-order valence-corrected chi connectivity index (χ1v) is 11.5. The molecule has 0 aliphatic carbocycles. The van der Waals surface area contributed by atoms with Crippen LogP contribution in [-0.4, -0.2) is 69.9 Å². The molecule has 0 radical (unpaired) electrons. The third-order valence-electron chi connectivity index (χ3n) is 4.99. The molecule has 3 aromatic rings. The van der Waals surface area contributed by atoms with Gasteiger partial charge in [-0.25, -0.2) is 8.42 Å². The molecule has 1 fully saturated rings. The molecule has 1 N–H and O–H groups in total. The summed E-state index contributed by atoms with van der Waals surface area (Å²) in [6.45, 7) is 0.617. The maximum absolute atomic E-state index is 13.1. The number of hydrogen-bond acceptors (Lipinski definition) is 9. The maximum atomic E-state index is 13.1.